The van der Waals surface area contributed by atoms with Gasteiger partial charge in [-0.2, -0.15) is 0 Å². The van der Waals surface area contributed by atoms with E-state index < -0.39 is 15.1 Å². The molecule has 0 radical (unpaired) electrons. The van der Waals surface area contributed by atoms with Crippen molar-refractivity contribution in [3.8, 4) is 0 Å². The highest BCUT2D eigenvalue weighted by Gasteiger charge is 2.29. The van der Waals surface area contributed by atoms with Crippen LogP contribution in [0.25, 0.3) is 0 Å². The Balaban J connectivity index is 3.11. The first-order chi connectivity index (χ1) is 8.84. The summed E-state index contributed by atoms with van der Waals surface area (Å²) in [6, 6.07) is 5.37. The van der Waals surface area contributed by atoms with Crippen molar-refractivity contribution in [1.82, 2.24) is 5.32 Å². The molecule has 2 atom stereocenters. The van der Waals surface area contributed by atoms with Crippen molar-refractivity contribution < 1.29 is 8.42 Å². The van der Waals surface area contributed by atoms with Crippen LogP contribution in [0.5, 0.6) is 0 Å². The van der Waals surface area contributed by atoms with Gasteiger partial charge in [0, 0.05) is 6.04 Å². The van der Waals surface area contributed by atoms with Gasteiger partial charge in [-0.1, -0.05) is 19.9 Å². The fourth-order valence-electron chi connectivity index (χ4n) is 2.23. The fraction of sp³-hybridized carbons (Fsp3) is 0.600. The van der Waals surface area contributed by atoms with Gasteiger partial charge in [0.15, 0.2) is 9.84 Å². The maximum atomic E-state index is 12.6. The van der Waals surface area contributed by atoms with Crippen LogP contribution in [0.3, 0.4) is 0 Å². The van der Waals surface area contributed by atoms with Crippen molar-refractivity contribution in [3.63, 3.8) is 0 Å². The molecule has 0 bridgehead atoms. The largest absolute Gasteiger partial charge is 0.313 e. The normalized spacial score (nSPS) is 15.2. The van der Waals surface area contributed by atoms with E-state index in [1.807, 2.05) is 33.8 Å². The van der Waals surface area contributed by atoms with Crippen LogP contribution in [0.4, 0.5) is 0 Å². The Kier molecular flexibility index (Phi) is 5.56. The zero-order valence-corrected chi connectivity index (χ0v) is 13.3. The number of benzene rings is 1. The van der Waals surface area contributed by atoms with Gasteiger partial charge in [0.25, 0.3) is 0 Å². The van der Waals surface area contributed by atoms with Gasteiger partial charge in [-0.3, -0.25) is 0 Å². The Morgan fingerprint density at radius 2 is 1.79 bits per heavy atom. The molecule has 0 saturated carbocycles. The monoisotopic (exact) mass is 283 g/mol. The summed E-state index contributed by atoms with van der Waals surface area (Å²) in [5, 5.41) is 2.84. The van der Waals surface area contributed by atoms with E-state index >= 15 is 0 Å². The minimum atomic E-state index is -3.27. The van der Waals surface area contributed by atoms with Gasteiger partial charge in [0.2, 0.25) is 0 Å². The summed E-state index contributed by atoms with van der Waals surface area (Å²) < 4.78 is 25.3. The molecule has 0 aromatic heterocycles. The van der Waals surface area contributed by atoms with Crippen LogP contribution < -0.4 is 5.32 Å². The second-order valence-electron chi connectivity index (χ2n) is 5.07. The van der Waals surface area contributed by atoms with E-state index in [2.05, 4.69) is 5.32 Å². The third-order valence-corrected chi connectivity index (χ3v) is 5.99. The van der Waals surface area contributed by atoms with E-state index in [9.17, 15) is 8.42 Å². The molecule has 108 valence electrons. The first kappa shape index (κ1) is 16.2. The van der Waals surface area contributed by atoms with Crippen LogP contribution in [0, 0.1) is 13.8 Å². The zero-order chi connectivity index (χ0) is 14.6. The molecule has 4 heteroatoms. The molecule has 1 N–H and O–H groups in total. The highest BCUT2D eigenvalue weighted by molar-refractivity contribution is 7.92. The van der Waals surface area contributed by atoms with Gasteiger partial charge < -0.3 is 5.32 Å². The quantitative estimate of drug-likeness (QED) is 0.873. The standard InChI is InChI=1S/C15H25NO2S/c1-6-15(16-7-2)13(5)19(17,18)14-9-8-11(3)12(4)10-14/h8-10,13,15-16H,6-7H2,1-5H3. The lowest BCUT2D eigenvalue weighted by Gasteiger charge is -2.23. The summed E-state index contributed by atoms with van der Waals surface area (Å²) in [5.74, 6) is 0. The first-order valence-corrected chi connectivity index (χ1v) is 8.43. The molecule has 2 unspecified atom stereocenters. The van der Waals surface area contributed by atoms with Crippen LogP contribution >= 0.6 is 0 Å². The third kappa shape index (κ3) is 3.57. The lowest BCUT2D eigenvalue weighted by Crippen LogP contribution is -2.42. The van der Waals surface area contributed by atoms with E-state index in [4.69, 9.17) is 0 Å². The van der Waals surface area contributed by atoms with Crippen molar-refractivity contribution in [2.75, 3.05) is 6.54 Å². The average Bonchev–Trinajstić information content (AvgIpc) is 2.38. The molecule has 0 aliphatic carbocycles. The van der Waals surface area contributed by atoms with Crippen LogP contribution in [0.2, 0.25) is 0 Å². The van der Waals surface area contributed by atoms with E-state index in [0.717, 1.165) is 24.1 Å². The second-order valence-corrected chi connectivity index (χ2v) is 7.37. The molecule has 0 aliphatic rings. The molecular formula is C15H25NO2S. The SMILES string of the molecule is CCNC(CC)C(C)S(=O)(=O)c1ccc(C)c(C)c1. The smallest absolute Gasteiger partial charge is 0.182 e. The third-order valence-electron chi connectivity index (χ3n) is 3.77. The highest BCUT2D eigenvalue weighted by atomic mass is 32.2. The summed E-state index contributed by atoms with van der Waals surface area (Å²) in [6.07, 6.45) is 0.805. The highest BCUT2D eigenvalue weighted by Crippen LogP contribution is 2.22. The van der Waals surface area contributed by atoms with Crippen molar-refractivity contribution in [2.45, 2.75) is 57.2 Å². The van der Waals surface area contributed by atoms with E-state index in [0.29, 0.717) is 4.90 Å². The maximum Gasteiger partial charge on any atom is 0.182 e. The summed E-state index contributed by atoms with van der Waals surface area (Å²) in [7, 11) is -3.27. The number of sulfone groups is 1. The Labute approximate surface area is 117 Å². The van der Waals surface area contributed by atoms with Gasteiger partial charge in [0.1, 0.15) is 0 Å². The molecule has 1 aromatic rings. The van der Waals surface area contributed by atoms with Crippen LogP contribution in [0.15, 0.2) is 23.1 Å². The fourth-order valence-corrected chi connectivity index (χ4v) is 3.98. The average molecular weight is 283 g/mol. The molecule has 0 heterocycles. The Hall–Kier alpha value is -0.870. The Morgan fingerprint density at radius 3 is 2.26 bits per heavy atom. The summed E-state index contributed by atoms with van der Waals surface area (Å²) in [4.78, 5) is 0.430. The lowest BCUT2D eigenvalue weighted by molar-refractivity contribution is 0.483. The zero-order valence-electron chi connectivity index (χ0n) is 12.5. The molecule has 0 fully saturated rings. The molecule has 1 rings (SSSR count). The van der Waals surface area contributed by atoms with E-state index in [-0.39, 0.29) is 6.04 Å². The molecule has 1 aromatic carbocycles. The van der Waals surface area contributed by atoms with Gasteiger partial charge in [0.05, 0.1) is 10.1 Å². The Morgan fingerprint density at radius 1 is 1.16 bits per heavy atom. The number of hydrogen-bond acceptors (Lipinski definition) is 3. The van der Waals surface area contributed by atoms with E-state index in [1.54, 1.807) is 19.1 Å². The molecule has 0 amide bonds. The van der Waals surface area contributed by atoms with Crippen molar-refractivity contribution in [2.24, 2.45) is 0 Å². The van der Waals surface area contributed by atoms with Gasteiger partial charge in [-0.05, 0) is 57.0 Å². The second kappa shape index (κ2) is 6.53. The maximum absolute atomic E-state index is 12.6. The summed E-state index contributed by atoms with van der Waals surface area (Å²) >= 11 is 0. The van der Waals surface area contributed by atoms with Gasteiger partial charge >= 0.3 is 0 Å². The predicted molar refractivity (Wildman–Crippen MR) is 80.3 cm³/mol. The molecular weight excluding hydrogens is 258 g/mol. The van der Waals surface area contributed by atoms with Crippen molar-refractivity contribution in [3.05, 3.63) is 29.3 Å². The van der Waals surface area contributed by atoms with Crippen LogP contribution in [0.1, 0.15) is 38.3 Å². The lowest BCUT2D eigenvalue weighted by atomic mass is 10.1. The van der Waals surface area contributed by atoms with Gasteiger partial charge in [-0.25, -0.2) is 8.42 Å². The number of nitrogens with one attached hydrogen (secondary N) is 1. The Bertz CT molecular complexity index is 523. The first-order valence-electron chi connectivity index (χ1n) is 6.89. The number of aryl methyl sites for hydroxylation is 2. The summed E-state index contributed by atoms with van der Waals surface area (Å²) in [5.41, 5.74) is 2.13. The van der Waals surface area contributed by atoms with Gasteiger partial charge in [-0.15, -0.1) is 0 Å². The molecule has 0 saturated heterocycles. The predicted octanol–water partition coefficient (Wildman–Crippen LogP) is 2.85. The molecule has 0 aliphatic heterocycles. The van der Waals surface area contributed by atoms with Crippen molar-refractivity contribution >= 4 is 9.84 Å². The molecule has 0 spiro atoms. The minimum absolute atomic E-state index is 0.00314. The van der Waals surface area contributed by atoms with Crippen molar-refractivity contribution in [1.29, 1.82) is 0 Å². The minimum Gasteiger partial charge on any atom is -0.313 e. The van der Waals surface area contributed by atoms with E-state index in [1.165, 1.54) is 0 Å². The number of hydrogen-bond donors (Lipinski definition) is 1. The van der Waals surface area contributed by atoms with Crippen LogP contribution in [-0.2, 0) is 9.84 Å². The topological polar surface area (TPSA) is 46.2 Å². The number of rotatable bonds is 6. The molecule has 19 heavy (non-hydrogen) atoms. The molecule has 3 nitrogen and oxygen atoms in total. The summed E-state index contributed by atoms with van der Waals surface area (Å²) in [6.45, 7) is 10.5. The van der Waals surface area contributed by atoms with Crippen LogP contribution in [-0.4, -0.2) is 26.3 Å².